The molecule has 0 aromatic carbocycles. The third kappa shape index (κ3) is 6.85. The molecule has 0 fully saturated rings. The molecule has 0 rings (SSSR count). The van der Waals surface area contributed by atoms with Crippen molar-refractivity contribution in [3.05, 3.63) is 0 Å². The van der Waals surface area contributed by atoms with Crippen molar-refractivity contribution in [1.82, 2.24) is 4.90 Å². The van der Waals surface area contributed by atoms with Crippen molar-refractivity contribution < 1.29 is 29.0 Å². The third-order valence-electron chi connectivity index (χ3n) is 2.00. The second kappa shape index (κ2) is 8.46. The number of esters is 1. The molecule has 0 saturated carbocycles. The molecule has 0 radical (unpaired) electrons. The average molecular weight is 261 g/mol. The van der Waals surface area contributed by atoms with Crippen molar-refractivity contribution in [2.75, 3.05) is 26.4 Å². The Morgan fingerprint density at radius 2 is 1.83 bits per heavy atom. The van der Waals surface area contributed by atoms with Gasteiger partial charge in [-0.15, -0.1) is 0 Å². The van der Waals surface area contributed by atoms with Crippen LogP contribution in [-0.2, 0) is 23.9 Å². The molecule has 0 aromatic rings. The van der Waals surface area contributed by atoms with Gasteiger partial charge in [-0.2, -0.15) is 0 Å². The van der Waals surface area contributed by atoms with Gasteiger partial charge in [0.2, 0.25) is 5.91 Å². The van der Waals surface area contributed by atoms with Crippen LogP contribution in [0.5, 0.6) is 0 Å². The molecule has 0 unspecified atom stereocenters. The van der Waals surface area contributed by atoms with Crippen LogP contribution in [0.3, 0.4) is 0 Å². The van der Waals surface area contributed by atoms with Crippen molar-refractivity contribution in [3.63, 3.8) is 0 Å². The zero-order valence-electron chi connectivity index (χ0n) is 10.8. The van der Waals surface area contributed by atoms with E-state index < -0.39 is 24.5 Å². The van der Waals surface area contributed by atoms with Gasteiger partial charge >= 0.3 is 11.9 Å². The highest BCUT2D eigenvalue weighted by Gasteiger charge is 2.20. The number of rotatable bonds is 8. The highest BCUT2D eigenvalue weighted by atomic mass is 16.5. The van der Waals surface area contributed by atoms with Gasteiger partial charge < -0.3 is 19.5 Å². The monoisotopic (exact) mass is 261 g/mol. The summed E-state index contributed by atoms with van der Waals surface area (Å²) in [5, 5.41) is 8.37. The van der Waals surface area contributed by atoms with Crippen LogP contribution in [0.25, 0.3) is 0 Å². The molecule has 0 aliphatic carbocycles. The lowest BCUT2D eigenvalue weighted by Gasteiger charge is -2.25. The lowest BCUT2D eigenvalue weighted by molar-refractivity contribution is -0.153. The van der Waals surface area contributed by atoms with Gasteiger partial charge in [0.15, 0.2) is 0 Å². The molecule has 0 aromatic heterocycles. The Labute approximate surface area is 106 Å². The molecule has 0 aliphatic heterocycles. The lowest BCUT2D eigenvalue weighted by Crippen LogP contribution is -2.43. The largest absolute Gasteiger partial charge is 0.480 e. The molecule has 18 heavy (non-hydrogen) atoms. The minimum absolute atomic E-state index is 0.166. The molecule has 0 atom stereocenters. The summed E-state index contributed by atoms with van der Waals surface area (Å²) >= 11 is 0. The van der Waals surface area contributed by atoms with E-state index in [1.165, 1.54) is 4.90 Å². The molecule has 1 N–H and O–H groups in total. The molecule has 1 amide bonds. The van der Waals surface area contributed by atoms with Gasteiger partial charge in [-0.25, -0.2) is 4.79 Å². The maximum atomic E-state index is 11.7. The van der Waals surface area contributed by atoms with Crippen LogP contribution in [0.1, 0.15) is 20.8 Å². The van der Waals surface area contributed by atoms with Crippen LogP contribution < -0.4 is 0 Å². The summed E-state index contributed by atoms with van der Waals surface area (Å²) in [5.41, 5.74) is 0. The zero-order valence-corrected chi connectivity index (χ0v) is 10.8. The maximum Gasteiger partial charge on any atom is 0.329 e. The first-order chi connectivity index (χ1) is 8.38. The molecular formula is C11H19NO6. The number of ether oxygens (including phenoxy) is 2. The van der Waals surface area contributed by atoms with Crippen LogP contribution in [0.2, 0.25) is 0 Å². The number of hydrogen-bond donors (Lipinski definition) is 1. The standard InChI is InChI=1S/C11H19NO6/c1-4-18-11(16)5-12(8(2)3)9(13)6-17-7-10(14)15/h8H,4-7H2,1-3H3,(H,14,15). The van der Waals surface area contributed by atoms with Gasteiger partial charge in [0.05, 0.1) is 6.61 Å². The fraction of sp³-hybridized carbons (Fsp3) is 0.727. The van der Waals surface area contributed by atoms with Gasteiger partial charge in [0.25, 0.3) is 0 Å². The second-order valence-corrected chi connectivity index (χ2v) is 3.81. The van der Waals surface area contributed by atoms with Crippen LogP contribution in [0, 0.1) is 0 Å². The van der Waals surface area contributed by atoms with E-state index in [0.29, 0.717) is 0 Å². The fourth-order valence-corrected chi connectivity index (χ4v) is 1.21. The van der Waals surface area contributed by atoms with E-state index >= 15 is 0 Å². The first-order valence-corrected chi connectivity index (χ1v) is 5.63. The number of carboxylic acids is 1. The summed E-state index contributed by atoms with van der Waals surface area (Å²) in [6.45, 7) is 4.33. The summed E-state index contributed by atoms with van der Waals surface area (Å²) < 4.78 is 9.43. The van der Waals surface area contributed by atoms with Crippen molar-refractivity contribution in [2.24, 2.45) is 0 Å². The topological polar surface area (TPSA) is 93.1 Å². The van der Waals surface area contributed by atoms with Crippen molar-refractivity contribution >= 4 is 17.8 Å². The van der Waals surface area contributed by atoms with Crippen LogP contribution >= 0.6 is 0 Å². The fourth-order valence-electron chi connectivity index (χ4n) is 1.21. The van der Waals surface area contributed by atoms with Crippen LogP contribution in [0.15, 0.2) is 0 Å². The maximum absolute atomic E-state index is 11.7. The highest BCUT2D eigenvalue weighted by molar-refractivity contribution is 5.83. The Hall–Kier alpha value is -1.63. The van der Waals surface area contributed by atoms with Gasteiger partial charge in [-0.05, 0) is 20.8 Å². The predicted octanol–water partition coefficient (Wildman–Crippen LogP) is -0.112. The Kier molecular flexibility index (Phi) is 7.69. The number of aliphatic carboxylic acids is 1. The van der Waals surface area contributed by atoms with E-state index in [2.05, 4.69) is 4.74 Å². The van der Waals surface area contributed by atoms with Crippen molar-refractivity contribution in [1.29, 1.82) is 0 Å². The molecular weight excluding hydrogens is 242 g/mol. The van der Waals surface area contributed by atoms with Crippen LogP contribution in [0.4, 0.5) is 0 Å². The van der Waals surface area contributed by atoms with E-state index in [9.17, 15) is 14.4 Å². The Balaban J connectivity index is 4.27. The van der Waals surface area contributed by atoms with E-state index in [1.54, 1.807) is 20.8 Å². The number of nitrogens with zero attached hydrogens (tertiary/aromatic N) is 1. The minimum atomic E-state index is -1.15. The molecule has 0 bridgehead atoms. The summed E-state index contributed by atoms with van der Waals surface area (Å²) in [7, 11) is 0. The van der Waals surface area contributed by atoms with E-state index in [0.717, 1.165) is 0 Å². The minimum Gasteiger partial charge on any atom is -0.480 e. The van der Waals surface area contributed by atoms with E-state index in [4.69, 9.17) is 9.84 Å². The number of hydrogen-bond acceptors (Lipinski definition) is 5. The first-order valence-electron chi connectivity index (χ1n) is 5.63. The zero-order chi connectivity index (χ0) is 14.1. The quantitative estimate of drug-likeness (QED) is 0.613. The average Bonchev–Trinajstić information content (AvgIpc) is 2.25. The number of carboxylic acid groups (broad SMARTS) is 1. The SMILES string of the molecule is CCOC(=O)CN(C(=O)COCC(=O)O)C(C)C. The van der Waals surface area contributed by atoms with Gasteiger partial charge in [0.1, 0.15) is 19.8 Å². The van der Waals surface area contributed by atoms with Gasteiger partial charge in [0, 0.05) is 6.04 Å². The molecule has 0 heterocycles. The highest BCUT2D eigenvalue weighted by Crippen LogP contribution is 2.00. The van der Waals surface area contributed by atoms with Gasteiger partial charge in [-0.3, -0.25) is 9.59 Å². The van der Waals surface area contributed by atoms with Gasteiger partial charge in [-0.1, -0.05) is 0 Å². The molecule has 104 valence electrons. The number of amides is 1. The summed E-state index contributed by atoms with van der Waals surface area (Å²) in [4.78, 5) is 34.5. The Bertz CT molecular complexity index is 302. The Morgan fingerprint density at radius 1 is 1.22 bits per heavy atom. The van der Waals surface area contributed by atoms with Crippen molar-refractivity contribution in [3.8, 4) is 0 Å². The lowest BCUT2D eigenvalue weighted by atomic mass is 10.3. The molecule has 7 heteroatoms. The predicted molar refractivity (Wildman–Crippen MR) is 61.9 cm³/mol. The molecule has 0 aliphatic rings. The molecule has 7 nitrogen and oxygen atoms in total. The summed E-state index contributed by atoms with van der Waals surface area (Å²) in [6.07, 6.45) is 0. The molecule has 0 saturated heterocycles. The third-order valence-corrected chi connectivity index (χ3v) is 2.00. The number of carbonyl (C=O) groups excluding carboxylic acids is 2. The summed E-state index contributed by atoms with van der Waals surface area (Å²) in [6, 6.07) is -0.199. The van der Waals surface area contributed by atoms with E-state index in [1.807, 2.05) is 0 Å². The molecule has 0 spiro atoms. The second-order valence-electron chi connectivity index (χ2n) is 3.81. The summed E-state index contributed by atoms with van der Waals surface area (Å²) in [5.74, 6) is -2.10. The number of carbonyl (C=O) groups is 3. The van der Waals surface area contributed by atoms with Crippen molar-refractivity contribution in [2.45, 2.75) is 26.8 Å². The normalized spacial score (nSPS) is 10.2. The van der Waals surface area contributed by atoms with E-state index in [-0.39, 0.29) is 25.8 Å². The Morgan fingerprint density at radius 3 is 2.28 bits per heavy atom. The first kappa shape index (κ1) is 16.4. The van der Waals surface area contributed by atoms with Crippen LogP contribution in [-0.4, -0.2) is 60.3 Å². The smallest absolute Gasteiger partial charge is 0.329 e.